The van der Waals surface area contributed by atoms with Gasteiger partial charge in [0.05, 0.1) is 0 Å². The molecule has 0 aromatic carbocycles. The van der Waals surface area contributed by atoms with Crippen LogP contribution in [0.25, 0.3) is 0 Å². The molecule has 0 aromatic rings. The topological polar surface area (TPSA) is 0 Å². The third-order valence-corrected chi connectivity index (χ3v) is 4.43. The van der Waals surface area contributed by atoms with Crippen LogP contribution in [0.15, 0.2) is 0 Å². The van der Waals surface area contributed by atoms with Crippen molar-refractivity contribution in [2.75, 3.05) is 0 Å². The Morgan fingerprint density at radius 2 is 1.23 bits per heavy atom. The molecule has 1 atom stereocenters. The van der Waals surface area contributed by atoms with Gasteiger partial charge in [0.2, 0.25) is 0 Å². The van der Waals surface area contributed by atoms with E-state index in [9.17, 15) is 0 Å². The third kappa shape index (κ3) is 15.9. The minimum absolute atomic E-state index is 0.917. The van der Waals surface area contributed by atoms with Crippen LogP contribution in [0, 0.1) is 31.6 Å². The van der Waals surface area contributed by atoms with E-state index >= 15 is 0 Å². The van der Waals surface area contributed by atoms with Crippen LogP contribution >= 0.6 is 0 Å². The summed E-state index contributed by atoms with van der Waals surface area (Å²) in [5.41, 5.74) is 0. The van der Waals surface area contributed by atoms with Crippen molar-refractivity contribution in [3.05, 3.63) is 13.8 Å². The van der Waals surface area contributed by atoms with E-state index in [0.717, 1.165) is 31.6 Å². The van der Waals surface area contributed by atoms with Crippen LogP contribution in [-0.4, -0.2) is 0 Å². The van der Waals surface area contributed by atoms with Crippen molar-refractivity contribution >= 4 is 0 Å². The van der Waals surface area contributed by atoms with Gasteiger partial charge in [-0.3, -0.25) is 0 Å². The highest BCUT2D eigenvalue weighted by molar-refractivity contribution is 4.98. The van der Waals surface area contributed by atoms with E-state index in [4.69, 9.17) is 0 Å². The quantitative estimate of drug-likeness (QED) is 0.216. The van der Waals surface area contributed by atoms with Crippen LogP contribution < -0.4 is 0 Å². The summed E-state index contributed by atoms with van der Waals surface area (Å²) in [6.07, 6.45) is 20.5. The van der Waals surface area contributed by atoms with Crippen molar-refractivity contribution < 1.29 is 0 Å². The van der Waals surface area contributed by atoms with Crippen LogP contribution in [0.3, 0.4) is 0 Å². The Morgan fingerprint density at radius 1 is 0.636 bits per heavy atom. The van der Waals surface area contributed by atoms with E-state index in [1.165, 1.54) is 77.0 Å². The normalized spacial score (nSPS) is 12.0. The third-order valence-electron chi connectivity index (χ3n) is 4.43. The van der Waals surface area contributed by atoms with Crippen LogP contribution in [0.5, 0.6) is 0 Å². The Bertz CT molecular complexity index is 255. The lowest BCUT2D eigenvalue weighted by Gasteiger charge is -2.15. The van der Waals surface area contributed by atoms with Gasteiger partial charge in [0, 0.05) is 12.8 Å². The molecule has 0 fully saturated rings. The minimum atomic E-state index is 0.917. The van der Waals surface area contributed by atoms with E-state index in [-0.39, 0.29) is 0 Å². The summed E-state index contributed by atoms with van der Waals surface area (Å²) in [4.78, 5) is 0. The molecule has 0 saturated carbocycles. The first kappa shape index (κ1) is 21.6. The van der Waals surface area contributed by atoms with E-state index < -0.39 is 0 Å². The molecule has 0 aliphatic heterocycles. The van der Waals surface area contributed by atoms with Crippen molar-refractivity contribution in [1.29, 1.82) is 0 Å². The second-order valence-corrected chi connectivity index (χ2v) is 6.62. The second kappa shape index (κ2) is 18.6. The highest BCUT2D eigenvalue weighted by Crippen LogP contribution is 2.22. The van der Waals surface area contributed by atoms with Crippen LogP contribution in [0.1, 0.15) is 110 Å². The van der Waals surface area contributed by atoms with Gasteiger partial charge in [0.1, 0.15) is 0 Å². The summed E-state index contributed by atoms with van der Waals surface area (Å²) < 4.78 is 0. The summed E-state index contributed by atoms with van der Waals surface area (Å²) in [6, 6.07) is 0. The zero-order chi connectivity index (χ0) is 16.3. The van der Waals surface area contributed by atoms with Gasteiger partial charge in [-0.2, -0.15) is 0 Å². The fourth-order valence-electron chi connectivity index (χ4n) is 2.91. The molecule has 0 aliphatic rings. The lowest BCUT2D eigenvalue weighted by atomic mass is 9.91. The molecular weight excluding hydrogens is 264 g/mol. The molecule has 0 rings (SSSR count). The first-order valence-corrected chi connectivity index (χ1v) is 9.89. The van der Waals surface area contributed by atoms with Gasteiger partial charge in [-0.1, -0.05) is 97.8 Å². The Morgan fingerprint density at radius 3 is 1.91 bits per heavy atom. The maximum atomic E-state index is 3.92. The molecule has 0 saturated heterocycles. The Hall–Kier alpha value is -0.440. The fourth-order valence-corrected chi connectivity index (χ4v) is 2.91. The molecule has 2 radical (unpaired) electrons. The smallest absolute Gasteiger partial charge is 0.00913 e. The molecule has 0 heteroatoms. The zero-order valence-electron chi connectivity index (χ0n) is 15.3. The zero-order valence-corrected chi connectivity index (χ0v) is 15.3. The highest BCUT2D eigenvalue weighted by atomic mass is 14.1. The first-order chi connectivity index (χ1) is 10.8. The number of rotatable bonds is 15. The first-order valence-electron chi connectivity index (χ1n) is 9.89. The molecule has 1 unspecified atom stereocenters. The lowest BCUT2D eigenvalue weighted by Crippen LogP contribution is -2.00. The highest BCUT2D eigenvalue weighted by Gasteiger charge is 2.07. The van der Waals surface area contributed by atoms with Crippen molar-refractivity contribution in [1.82, 2.24) is 0 Å². The second-order valence-electron chi connectivity index (χ2n) is 6.62. The molecule has 0 N–H and O–H groups in total. The maximum absolute atomic E-state index is 3.92. The molecule has 0 amide bonds. The van der Waals surface area contributed by atoms with Crippen molar-refractivity contribution in [2.24, 2.45) is 5.92 Å². The monoisotopic (exact) mass is 304 g/mol. The van der Waals surface area contributed by atoms with Crippen LogP contribution in [0.2, 0.25) is 0 Å². The summed E-state index contributed by atoms with van der Waals surface area (Å²) in [6.45, 7) is 10.1. The Kier molecular flexibility index (Phi) is 18.2. The minimum Gasteiger partial charge on any atom is -0.103 e. The summed E-state index contributed by atoms with van der Waals surface area (Å²) >= 11 is 0. The number of hydrogen-bond acceptors (Lipinski definition) is 0. The van der Waals surface area contributed by atoms with Crippen molar-refractivity contribution in [3.8, 4) is 11.8 Å². The number of unbranched alkanes of at least 4 members (excludes halogenated alkanes) is 9. The van der Waals surface area contributed by atoms with Gasteiger partial charge >= 0.3 is 0 Å². The van der Waals surface area contributed by atoms with Gasteiger partial charge in [0.25, 0.3) is 0 Å². The molecule has 0 aliphatic carbocycles. The van der Waals surface area contributed by atoms with Crippen molar-refractivity contribution in [2.45, 2.75) is 110 Å². The number of hydrogen-bond donors (Lipinski definition) is 0. The van der Waals surface area contributed by atoms with E-state index in [1.54, 1.807) is 0 Å². The molecular formula is C22H40. The summed E-state index contributed by atoms with van der Waals surface area (Å²) in [7, 11) is 0. The molecule has 0 nitrogen and oxygen atoms in total. The Labute approximate surface area is 141 Å². The van der Waals surface area contributed by atoms with Gasteiger partial charge in [0.15, 0.2) is 0 Å². The predicted octanol–water partition coefficient (Wildman–Crippen LogP) is 7.54. The Balaban J connectivity index is 3.72. The molecule has 22 heavy (non-hydrogen) atoms. The van der Waals surface area contributed by atoms with Gasteiger partial charge in [-0.25, -0.2) is 0 Å². The van der Waals surface area contributed by atoms with E-state index in [1.807, 2.05) is 0 Å². The van der Waals surface area contributed by atoms with Gasteiger partial charge in [-0.15, -0.1) is 11.8 Å². The molecule has 0 spiro atoms. The molecule has 0 bridgehead atoms. The molecule has 0 aromatic heterocycles. The van der Waals surface area contributed by atoms with Gasteiger partial charge in [-0.05, 0) is 18.8 Å². The van der Waals surface area contributed by atoms with E-state index in [2.05, 4.69) is 32.6 Å². The maximum Gasteiger partial charge on any atom is 0.00913 e. The van der Waals surface area contributed by atoms with Crippen molar-refractivity contribution in [3.63, 3.8) is 0 Å². The van der Waals surface area contributed by atoms with Crippen LogP contribution in [-0.2, 0) is 0 Å². The fraction of sp³-hybridized carbons (Fsp3) is 0.818. The predicted molar refractivity (Wildman–Crippen MR) is 102 cm³/mol. The average Bonchev–Trinajstić information content (AvgIpc) is 2.54. The van der Waals surface area contributed by atoms with Crippen LogP contribution in [0.4, 0.5) is 0 Å². The van der Waals surface area contributed by atoms with Gasteiger partial charge < -0.3 is 0 Å². The SMILES string of the molecule is [CH2]CCCCCC#CCCC(CCCC)CCCCCC[CH2]. The lowest BCUT2D eigenvalue weighted by molar-refractivity contribution is 0.391. The molecule has 128 valence electrons. The summed E-state index contributed by atoms with van der Waals surface area (Å²) in [5.74, 6) is 7.69. The average molecular weight is 305 g/mol. The molecule has 0 heterocycles. The van der Waals surface area contributed by atoms with E-state index in [0.29, 0.717) is 0 Å². The standard InChI is InChI=1S/C22H40/c1-4-7-10-12-13-14-16-18-21-22(19-9-6-3)20-17-15-11-8-5-2/h22H,1-2,4-13,15,17-21H2,3H3. The summed E-state index contributed by atoms with van der Waals surface area (Å²) in [5, 5.41) is 0. The largest absolute Gasteiger partial charge is 0.103 e.